The average molecular weight is 336 g/mol. The van der Waals surface area contributed by atoms with E-state index in [0.717, 1.165) is 18.3 Å². The highest BCUT2D eigenvalue weighted by Gasteiger charge is 2.34. The summed E-state index contributed by atoms with van der Waals surface area (Å²) >= 11 is 0. The third kappa shape index (κ3) is 3.69. The summed E-state index contributed by atoms with van der Waals surface area (Å²) in [6, 6.07) is 17.7. The molecule has 1 amide bonds. The van der Waals surface area contributed by atoms with Gasteiger partial charge in [0.1, 0.15) is 5.75 Å². The van der Waals surface area contributed by atoms with Crippen LogP contribution in [0.15, 0.2) is 54.6 Å². The van der Waals surface area contributed by atoms with Gasteiger partial charge in [-0.15, -0.1) is 0 Å². The third-order valence-corrected chi connectivity index (χ3v) is 5.16. The van der Waals surface area contributed by atoms with E-state index in [-0.39, 0.29) is 17.9 Å². The Morgan fingerprint density at radius 1 is 1.04 bits per heavy atom. The Bertz CT molecular complexity index is 725. The molecule has 2 aliphatic rings. The van der Waals surface area contributed by atoms with Gasteiger partial charge in [0.2, 0.25) is 0 Å². The van der Waals surface area contributed by atoms with Crippen LogP contribution >= 0.6 is 0 Å². The molecule has 2 aromatic carbocycles. The van der Waals surface area contributed by atoms with Crippen molar-refractivity contribution in [1.29, 1.82) is 0 Å². The highest BCUT2D eigenvalue weighted by Crippen LogP contribution is 2.30. The molecule has 1 aliphatic carbocycles. The molecule has 0 spiro atoms. The van der Waals surface area contributed by atoms with Crippen LogP contribution in [0.4, 0.5) is 0 Å². The minimum Gasteiger partial charge on any atom is -0.493 e. The van der Waals surface area contributed by atoms with E-state index < -0.39 is 0 Å². The fraction of sp³-hybridized carbons (Fsp3) is 0.381. The van der Waals surface area contributed by atoms with Crippen molar-refractivity contribution >= 4 is 5.91 Å². The first-order valence-corrected chi connectivity index (χ1v) is 9.03. The van der Waals surface area contributed by atoms with Crippen molar-refractivity contribution in [3.63, 3.8) is 0 Å². The molecule has 2 fully saturated rings. The summed E-state index contributed by atoms with van der Waals surface area (Å²) in [5, 5.41) is 0. The molecule has 1 saturated carbocycles. The smallest absolute Gasteiger partial charge is 0.253 e. The van der Waals surface area contributed by atoms with Gasteiger partial charge in [-0.1, -0.05) is 30.3 Å². The van der Waals surface area contributed by atoms with Crippen molar-refractivity contribution in [2.75, 3.05) is 19.7 Å². The highest BCUT2D eigenvalue weighted by molar-refractivity contribution is 5.94. The molecule has 1 aliphatic heterocycles. The molecule has 2 aromatic rings. The Hall–Kier alpha value is -2.33. The number of amides is 1. The van der Waals surface area contributed by atoms with Crippen LogP contribution in [0.3, 0.4) is 0 Å². The van der Waals surface area contributed by atoms with Crippen molar-refractivity contribution in [3.05, 3.63) is 65.7 Å². The number of rotatable bonds is 5. The molecule has 0 unspecified atom stereocenters. The Morgan fingerprint density at radius 2 is 1.76 bits per heavy atom. The number of benzene rings is 2. The molecule has 1 saturated heterocycles. The van der Waals surface area contributed by atoms with E-state index >= 15 is 0 Å². The number of likely N-dealkylation sites (tertiary alicyclic amines) is 1. The maximum Gasteiger partial charge on any atom is 0.253 e. The van der Waals surface area contributed by atoms with Gasteiger partial charge in [-0.25, -0.2) is 0 Å². The third-order valence-electron chi connectivity index (χ3n) is 5.16. The Balaban J connectivity index is 1.40. The molecule has 130 valence electrons. The van der Waals surface area contributed by atoms with E-state index in [0.29, 0.717) is 18.7 Å². The van der Waals surface area contributed by atoms with Gasteiger partial charge < -0.3 is 15.4 Å². The first-order valence-electron chi connectivity index (χ1n) is 9.03. The van der Waals surface area contributed by atoms with Gasteiger partial charge >= 0.3 is 0 Å². The molecule has 0 radical (unpaired) electrons. The molecule has 4 nitrogen and oxygen atoms in total. The minimum atomic E-state index is -0.0208. The van der Waals surface area contributed by atoms with Crippen molar-refractivity contribution < 1.29 is 9.53 Å². The van der Waals surface area contributed by atoms with E-state index in [1.165, 1.54) is 18.4 Å². The zero-order valence-corrected chi connectivity index (χ0v) is 14.3. The fourth-order valence-corrected chi connectivity index (χ4v) is 3.42. The molecule has 2 atom stereocenters. The summed E-state index contributed by atoms with van der Waals surface area (Å²) in [6.07, 6.45) is 2.54. The van der Waals surface area contributed by atoms with Gasteiger partial charge in [0.25, 0.3) is 5.91 Å². The normalized spacial score (nSPS) is 22.8. The van der Waals surface area contributed by atoms with Crippen LogP contribution < -0.4 is 10.5 Å². The lowest BCUT2D eigenvalue weighted by molar-refractivity contribution is 0.0789. The van der Waals surface area contributed by atoms with Crippen LogP contribution in [0.1, 0.15) is 34.7 Å². The molecular formula is C21H24N2O2. The molecule has 0 bridgehead atoms. The number of carbonyl (C=O) groups is 1. The van der Waals surface area contributed by atoms with Gasteiger partial charge in [-0.05, 0) is 48.6 Å². The highest BCUT2D eigenvalue weighted by atomic mass is 16.5. The van der Waals surface area contributed by atoms with Crippen LogP contribution in [0.25, 0.3) is 0 Å². The Kier molecular flexibility index (Phi) is 4.45. The summed E-state index contributed by atoms with van der Waals surface area (Å²) in [4.78, 5) is 14.6. The van der Waals surface area contributed by atoms with Crippen molar-refractivity contribution in [1.82, 2.24) is 4.90 Å². The summed E-state index contributed by atoms with van der Waals surface area (Å²) in [5.41, 5.74) is 8.20. The van der Waals surface area contributed by atoms with Crippen molar-refractivity contribution in [2.45, 2.75) is 24.8 Å². The van der Waals surface area contributed by atoms with Gasteiger partial charge in [0.15, 0.2) is 0 Å². The number of nitrogens with zero attached hydrogens (tertiary/aromatic N) is 1. The van der Waals surface area contributed by atoms with E-state index in [2.05, 4.69) is 12.1 Å². The monoisotopic (exact) mass is 336 g/mol. The second kappa shape index (κ2) is 6.89. The van der Waals surface area contributed by atoms with Crippen LogP contribution in [-0.2, 0) is 0 Å². The lowest BCUT2D eigenvalue weighted by Gasteiger charge is -2.17. The van der Waals surface area contributed by atoms with Crippen molar-refractivity contribution in [3.8, 4) is 5.75 Å². The second-order valence-electron chi connectivity index (χ2n) is 7.17. The molecule has 4 heteroatoms. The minimum absolute atomic E-state index is 0.0208. The first kappa shape index (κ1) is 16.2. The maximum atomic E-state index is 12.8. The van der Waals surface area contributed by atoms with Gasteiger partial charge in [-0.3, -0.25) is 4.79 Å². The zero-order chi connectivity index (χ0) is 17.2. The molecule has 4 rings (SSSR count). The summed E-state index contributed by atoms with van der Waals surface area (Å²) in [5.74, 6) is 1.81. The summed E-state index contributed by atoms with van der Waals surface area (Å²) < 4.78 is 5.74. The predicted molar refractivity (Wildman–Crippen MR) is 97.7 cm³/mol. The molecule has 0 aromatic heterocycles. The first-order chi connectivity index (χ1) is 12.2. The Morgan fingerprint density at radius 3 is 2.44 bits per heavy atom. The Labute approximate surface area is 148 Å². The van der Waals surface area contributed by atoms with E-state index in [1.54, 1.807) is 0 Å². The van der Waals surface area contributed by atoms with Crippen molar-refractivity contribution in [2.24, 2.45) is 11.7 Å². The number of hydrogen-bond acceptors (Lipinski definition) is 3. The average Bonchev–Trinajstić information content (AvgIpc) is 3.41. The number of carbonyl (C=O) groups excluding carboxylic acids is 1. The van der Waals surface area contributed by atoms with Crippen LogP contribution in [0.2, 0.25) is 0 Å². The van der Waals surface area contributed by atoms with Crippen LogP contribution in [-0.4, -0.2) is 36.5 Å². The number of nitrogens with two attached hydrogens (primary N) is 1. The molecular weight excluding hydrogens is 312 g/mol. The van der Waals surface area contributed by atoms with Gasteiger partial charge in [0, 0.05) is 30.6 Å². The quantitative estimate of drug-likeness (QED) is 0.913. The summed E-state index contributed by atoms with van der Waals surface area (Å²) in [7, 11) is 0. The van der Waals surface area contributed by atoms with E-state index in [4.69, 9.17) is 10.5 Å². The van der Waals surface area contributed by atoms with Gasteiger partial charge in [-0.2, -0.15) is 0 Å². The van der Waals surface area contributed by atoms with Crippen LogP contribution in [0, 0.1) is 5.92 Å². The lowest BCUT2D eigenvalue weighted by atomic mass is 9.95. The summed E-state index contributed by atoms with van der Waals surface area (Å²) in [6.45, 7) is 2.05. The lowest BCUT2D eigenvalue weighted by Crippen LogP contribution is -2.32. The number of hydrogen-bond donors (Lipinski definition) is 1. The molecule has 25 heavy (non-hydrogen) atoms. The van der Waals surface area contributed by atoms with Gasteiger partial charge in [0.05, 0.1) is 6.61 Å². The molecule has 2 N–H and O–H groups in total. The van der Waals surface area contributed by atoms with Crippen LogP contribution in [0.5, 0.6) is 5.75 Å². The number of ether oxygens (including phenoxy) is 1. The maximum absolute atomic E-state index is 12.8. The predicted octanol–water partition coefficient (Wildman–Crippen LogP) is 3.04. The second-order valence-corrected chi connectivity index (χ2v) is 7.17. The van der Waals surface area contributed by atoms with E-state index in [9.17, 15) is 4.79 Å². The standard InChI is InChI=1S/C21H24N2O2/c22-20-13-23(12-19(20)16-4-2-1-3-5-16)21(24)17-8-10-18(11-9-17)25-14-15-6-7-15/h1-5,8-11,15,19-20H,6-7,12-14,22H2/t19-,20+/m0/s1. The molecule has 1 heterocycles. The fourth-order valence-electron chi connectivity index (χ4n) is 3.42. The topological polar surface area (TPSA) is 55.6 Å². The SMILES string of the molecule is N[C@@H]1CN(C(=O)c2ccc(OCC3CC3)cc2)C[C@H]1c1ccccc1. The van der Waals surface area contributed by atoms with E-state index in [1.807, 2.05) is 47.4 Å². The zero-order valence-electron chi connectivity index (χ0n) is 14.3. The largest absolute Gasteiger partial charge is 0.493 e.